The molecule has 2 heteroatoms. The average molecular weight is 247 g/mol. The van der Waals surface area contributed by atoms with Crippen molar-refractivity contribution in [3.05, 3.63) is 29.3 Å². The molecule has 0 heterocycles. The molecule has 0 aliphatic heterocycles. The number of hydrogen-bond donors (Lipinski definition) is 1. The molecule has 1 unspecified atom stereocenters. The van der Waals surface area contributed by atoms with Gasteiger partial charge in [-0.05, 0) is 60.8 Å². The van der Waals surface area contributed by atoms with Crippen molar-refractivity contribution in [2.45, 2.75) is 39.0 Å². The number of ether oxygens (including phenoxy) is 1. The van der Waals surface area contributed by atoms with Crippen LogP contribution in [0.4, 0.5) is 0 Å². The van der Waals surface area contributed by atoms with E-state index in [2.05, 4.69) is 32.0 Å². The Morgan fingerprint density at radius 3 is 2.56 bits per heavy atom. The highest BCUT2D eigenvalue weighted by atomic mass is 16.5. The van der Waals surface area contributed by atoms with E-state index in [4.69, 9.17) is 10.5 Å². The third-order valence-corrected chi connectivity index (χ3v) is 4.01. The van der Waals surface area contributed by atoms with Crippen LogP contribution in [0.5, 0.6) is 5.75 Å². The van der Waals surface area contributed by atoms with Crippen molar-refractivity contribution in [3.63, 3.8) is 0 Å². The van der Waals surface area contributed by atoms with Crippen molar-refractivity contribution in [2.75, 3.05) is 13.7 Å². The zero-order valence-electron chi connectivity index (χ0n) is 11.8. The Hall–Kier alpha value is -1.02. The van der Waals surface area contributed by atoms with Gasteiger partial charge >= 0.3 is 0 Å². The van der Waals surface area contributed by atoms with E-state index in [1.54, 1.807) is 7.11 Å². The van der Waals surface area contributed by atoms with Crippen LogP contribution in [0.1, 0.15) is 43.7 Å². The van der Waals surface area contributed by atoms with Crippen molar-refractivity contribution in [3.8, 4) is 5.75 Å². The fourth-order valence-electron chi connectivity index (χ4n) is 2.67. The van der Waals surface area contributed by atoms with Crippen molar-refractivity contribution in [2.24, 2.45) is 17.6 Å². The summed E-state index contributed by atoms with van der Waals surface area (Å²) in [5.74, 6) is 3.04. The number of benzene rings is 1. The first-order valence-electron chi connectivity index (χ1n) is 7.02. The van der Waals surface area contributed by atoms with Crippen molar-refractivity contribution in [1.29, 1.82) is 0 Å². The highest BCUT2D eigenvalue weighted by molar-refractivity contribution is 5.39. The summed E-state index contributed by atoms with van der Waals surface area (Å²) < 4.78 is 5.43. The van der Waals surface area contributed by atoms with Gasteiger partial charge in [-0.25, -0.2) is 0 Å². The van der Waals surface area contributed by atoms with Crippen LogP contribution in [0.2, 0.25) is 0 Å². The molecule has 1 aromatic rings. The molecule has 1 saturated carbocycles. The second-order valence-electron chi connectivity index (χ2n) is 5.77. The summed E-state index contributed by atoms with van der Waals surface area (Å²) in [4.78, 5) is 0. The van der Waals surface area contributed by atoms with Crippen molar-refractivity contribution < 1.29 is 4.74 Å². The number of methoxy groups -OCH3 is 1. The molecule has 0 amide bonds. The molecule has 0 spiro atoms. The fourth-order valence-corrected chi connectivity index (χ4v) is 2.67. The maximum Gasteiger partial charge on any atom is 0.122 e. The van der Waals surface area contributed by atoms with Crippen LogP contribution in [-0.2, 0) is 6.42 Å². The Labute approximate surface area is 111 Å². The van der Waals surface area contributed by atoms with Crippen LogP contribution in [0, 0.1) is 11.8 Å². The zero-order valence-corrected chi connectivity index (χ0v) is 11.8. The van der Waals surface area contributed by atoms with Gasteiger partial charge in [0.05, 0.1) is 7.11 Å². The van der Waals surface area contributed by atoms with Gasteiger partial charge in [-0.2, -0.15) is 0 Å². The summed E-state index contributed by atoms with van der Waals surface area (Å²) >= 11 is 0. The summed E-state index contributed by atoms with van der Waals surface area (Å²) in [6.45, 7) is 5.24. The van der Waals surface area contributed by atoms with Gasteiger partial charge < -0.3 is 10.5 Å². The predicted octanol–water partition coefficient (Wildman–Crippen LogP) is 3.35. The summed E-state index contributed by atoms with van der Waals surface area (Å²) in [7, 11) is 1.74. The Balaban J connectivity index is 2.15. The molecule has 2 N–H and O–H groups in total. The van der Waals surface area contributed by atoms with Crippen LogP contribution in [0.25, 0.3) is 0 Å². The number of nitrogens with two attached hydrogens (primary N) is 1. The van der Waals surface area contributed by atoms with Crippen LogP contribution in [0.3, 0.4) is 0 Å². The van der Waals surface area contributed by atoms with Gasteiger partial charge in [0.15, 0.2) is 0 Å². The standard InChI is InChI=1S/C16H25NO/c1-11(2)15-9-12(4-7-16(15)18-3)8-14(10-17)13-5-6-13/h4,7,9,11,13-14H,5-6,8,10,17H2,1-3H3. The van der Waals surface area contributed by atoms with Gasteiger partial charge in [0.25, 0.3) is 0 Å². The van der Waals surface area contributed by atoms with E-state index in [1.165, 1.54) is 24.0 Å². The molecular weight excluding hydrogens is 222 g/mol. The topological polar surface area (TPSA) is 35.2 Å². The predicted molar refractivity (Wildman–Crippen MR) is 76.1 cm³/mol. The first kappa shape index (κ1) is 13.4. The second-order valence-corrected chi connectivity index (χ2v) is 5.77. The van der Waals surface area contributed by atoms with E-state index in [0.29, 0.717) is 11.8 Å². The minimum absolute atomic E-state index is 0.497. The van der Waals surface area contributed by atoms with Crippen LogP contribution in [0.15, 0.2) is 18.2 Å². The summed E-state index contributed by atoms with van der Waals surface area (Å²) in [5, 5.41) is 0. The normalized spacial score (nSPS) is 16.9. The maximum atomic E-state index is 5.89. The minimum atomic E-state index is 0.497. The lowest BCUT2D eigenvalue weighted by molar-refractivity contribution is 0.406. The molecule has 1 aliphatic carbocycles. The average Bonchev–Trinajstić information content (AvgIpc) is 3.19. The molecule has 0 bridgehead atoms. The monoisotopic (exact) mass is 247 g/mol. The highest BCUT2D eigenvalue weighted by Gasteiger charge is 2.30. The Kier molecular flexibility index (Phi) is 4.28. The molecule has 0 saturated heterocycles. The Morgan fingerprint density at radius 2 is 2.06 bits per heavy atom. The van der Waals surface area contributed by atoms with Gasteiger partial charge in [0.2, 0.25) is 0 Å². The van der Waals surface area contributed by atoms with Gasteiger partial charge in [-0.1, -0.05) is 26.0 Å². The Morgan fingerprint density at radius 1 is 1.33 bits per heavy atom. The molecule has 1 aliphatic rings. The first-order valence-corrected chi connectivity index (χ1v) is 7.02. The van der Waals surface area contributed by atoms with E-state index < -0.39 is 0 Å². The van der Waals surface area contributed by atoms with Crippen molar-refractivity contribution >= 4 is 0 Å². The van der Waals surface area contributed by atoms with E-state index in [-0.39, 0.29) is 0 Å². The summed E-state index contributed by atoms with van der Waals surface area (Å²) in [6.07, 6.45) is 3.86. The highest BCUT2D eigenvalue weighted by Crippen LogP contribution is 2.38. The van der Waals surface area contributed by atoms with E-state index in [0.717, 1.165) is 24.6 Å². The van der Waals surface area contributed by atoms with Crippen LogP contribution < -0.4 is 10.5 Å². The molecule has 2 nitrogen and oxygen atoms in total. The van der Waals surface area contributed by atoms with Gasteiger partial charge in [-0.15, -0.1) is 0 Å². The summed E-state index contributed by atoms with van der Waals surface area (Å²) in [6, 6.07) is 6.59. The zero-order chi connectivity index (χ0) is 13.1. The van der Waals surface area contributed by atoms with E-state index in [9.17, 15) is 0 Å². The fraction of sp³-hybridized carbons (Fsp3) is 0.625. The molecule has 100 valence electrons. The van der Waals surface area contributed by atoms with Gasteiger partial charge in [-0.3, -0.25) is 0 Å². The lowest BCUT2D eigenvalue weighted by atomic mass is 9.92. The van der Waals surface area contributed by atoms with E-state index >= 15 is 0 Å². The lowest BCUT2D eigenvalue weighted by Crippen LogP contribution is -2.18. The van der Waals surface area contributed by atoms with Crippen molar-refractivity contribution in [1.82, 2.24) is 0 Å². The molecule has 18 heavy (non-hydrogen) atoms. The minimum Gasteiger partial charge on any atom is -0.496 e. The Bertz CT molecular complexity index is 396. The number of rotatable bonds is 6. The largest absolute Gasteiger partial charge is 0.496 e. The molecule has 1 aromatic carbocycles. The van der Waals surface area contributed by atoms with Gasteiger partial charge in [0, 0.05) is 0 Å². The van der Waals surface area contributed by atoms with Crippen LogP contribution in [-0.4, -0.2) is 13.7 Å². The lowest BCUT2D eigenvalue weighted by Gasteiger charge is -2.17. The maximum absolute atomic E-state index is 5.89. The SMILES string of the molecule is COc1ccc(CC(CN)C2CC2)cc1C(C)C. The van der Waals surface area contributed by atoms with Gasteiger partial charge in [0.1, 0.15) is 5.75 Å². The third kappa shape index (κ3) is 3.05. The molecule has 0 radical (unpaired) electrons. The molecule has 1 fully saturated rings. The summed E-state index contributed by atoms with van der Waals surface area (Å²) in [5.41, 5.74) is 8.60. The third-order valence-electron chi connectivity index (χ3n) is 4.01. The first-order chi connectivity index (χ1) is 8.65. The molecular formula is C16H25NO. The van der Waals surface area contributed by atoms with Crippen LogP contribution >= 0.6 is 0 Å². The number of hydrogen-bond acceptors (Lipinski definition) is 2. The molecule has 0 aromatic heterocycles. The van der Waals surface area contributed by atoms with E-state index in [1.807, 2.05) is 0 Å². The quantitative estimate of drug-likeness (QED) is 0.836. The molecule has 2 rings (SSSR count). The smallest absolute Gasteiger partial charge is 0.122 e. The second kappa shape index (κ2) is 5.75. The molecule has 1 atom stereocenters.